The summed E-state index contributed by atoms with van der Waals surface area (Å²) in [6.45, 7) is 4.49. The van der Waals surface area contributed by atoms with Crippen LogP contribution in [0.15, 0.2) is 59.1 Å². The molecule has 9 heteroatoms. The molecule has 0 spiro atoms. The van der Waals surface area contributed by atoms with E-state index in [1.54, 1.807) is 0 Å². The Bertz CT molecular complexity index is 1290. The van der Waals surface area contributed by atoms with Crippen LogP contribution >= 0.6 is 0 Å². The zero-order valence-corrected chi connectivity index (χ0v) is 21.2. The van der Waals surface area contributed by atoms with Crippen LogP contribution in [0.25, 0.3) is 0 Å². The second kappa shape index (κ2) is 9.47. The molecule has 2 heterocycles. The molecule has 186 valence electrons. The molecule has 0 amide bonds. The molecular weight excluding hydrogens is 468 g/mol. The van der Waals surface area contributed by atoms with Gasteiger partial charge in [-0.1, -0.05) is 32.0 Å². The Morgan fingerprint density at radius 2 is 1.77 bits per heavy atom. The summed E-state index contributed by atoms with van der Waals surface area (Å²) in [6, 6.07) is 12.1. The Morgan fingerprint density at radius 1 is 1.09 bits per heavy atom. The number of esters is 1. The molecule has 0 atom stereocenters. The van der Waals surface area contributed by atoms with Crippen molar-refractivity contribution in [3.8, 4) is 5.75 Å². The summed E-state index contributed by atoms with van der Waals surface area (Å²) in [5, 5.41) is 0. The van der Waals surface area contributed by atoms with Gasteiger partial charge in [0.1, 0.15) is 10.6 Å². The van der Waals surface area contributed by atoms with Crippen molar-refractivity contribution in [1.82, 2.24) is 4.31 Å². The van der Waals surface area contributed by atoms with E-state index >= 15 is 0 Å². The second-order valence-electron chi connectivity index (χ2n) is 9.25. The highest BCUT2D eigenvalue weighted by molar-refractivity contribution is 7.89. The maximum absolute atomic E-state index is 13.1. The maximum Gasteiger partial charge on any atom is 0.338 e. The molecule has 8 nitrogen and oxygen atoms in total. The number of sulfonamides is 1. The monoisotopic (exact) mass is 498 g/mol. The van der Waals surface area contributed by atoms with Crippen LogP contribution in [0.5, 0.6) is 5.75 Å². The van der Waals surface area contributed by atoms with Crippen LogP contribution in [0, 0.1) is 0 Å². The van der Waals surface area contributed by atoms with Crippen molar-refractivity contribution in [2.75, 3.05) is 38.8 Å². The van der Waals surface area contributed by atoms with Gasteiger partial charge in [-0.2, -0.15) is 4.31 Å². The molecule has 0 radical (unpaired) electrons. The molecule has 35 heavy (non-hydrogen) atoms. The Balaban J connectivity index is 1.50. The number of allylic oxidation sites excluding steroid dienone is 1. The van der Waals surface area contributed by atoms with Crippen LogP contribution < -0.4 is 9.64 Å². The molecule has 0 aromatic heterocycles. The molecular formula is C26H30N2O6S. The third-order valence-electron chi connectivity index (χ3n) is 6.67. The lowest BCUT2D eigenvalue weighted by Gasteiger charge is -2.23. The fourth-order valence-corrected chi connectivity index (χ4v) is 6.44. The maximum atomic E-state index is 13.1. The largest absolute Gasteiger partial charge is 0.495 e. The lowest BCUT2D eigenvalue weighted by atomic mass is 9.83. The number of anilines is 1. The van der Waals surface area contributed by atoms with Gasteiger partial charge in [-0.15, -0.1) is 0 Å². The van der Waals surface area contributed by atoms with Crippen LogP contribution in [0.2, 0.25) is 0 Å². The van der Waals surface area contributed by atoms with Gasteiger partial charge in [0.15, 0.2) is 12.4 Å². The Hall–Kier alpha value is -3.17. The number of fused-ring (bicyclic) bond motifs is 1. The minimum Gasteiger partial charge on any atom is -0.495 e. The topological polar surface area (TPSA) is 93.2 Å². The van der Waals surface area contributed by atoms with Crippen molar-refractivity contribution in [2.45, 2.75) is 37.0 Å². The lowest BCUT2D eigenvalue weighted by Crippen LogP contribution is -2.28. The highest BCUT2D eigenvalue weighted by Crippen LogP contribution is 2.46. The van der Waals surface area contributed by atoms with Crippen molar-refractivity contribution in [3.05, 3.63) is 65.4 Å². The molecule has 1 saturated heterocycles. The molecule has 4 rings (SSSR count). The van der Waals surface area contributed by atoms with E-state index in [2.05, 4.69) is 0 Å². The first-order valence-corrected chi connectivity index (χ1v) is 12.9. The van der Waals surface area contributed by atoms with Gasteiger partial charge in [-0.25, -0.2) is 13.2 Å². The number of ketones is 1. The highest BCUT2D eigenvalue weighted by Gasteiger charge is 2.38. The summed E-state index contributed by atoms with van der Waals surface area (Å²) in [5.41, 5.74) is 2.61. The van der Waals surface area contributed by atoms with Gasteiger partial charge in [0.2, 0.25) is 10.0 Å². The first-order valence-electron chi connectivity index (χ1n) is 11.5. The van der Waals surface area contributed by atoms with E-state index < -0.39 is 22.6 Å². The predicted octanol–water partition coefficient (Wildman–Crippen LogP) is 3.52. The van der Waals surface area contributed by atoms with Crippen molar-refractivity contribution in [1.29, 1.82) is 0 Å². The van der Waals surface area contributed by atoms with Crippen LogP contribution in [0.3, 0.4) is 0 Å². The van der Waals surface area contributed by atoms with Crippen molar-refractivity contribution in [3.63, 3.8) is 0 Å². The SMILES string of the molecule is COc1ccc(C(=O)OCC(=O)/C=C2\N(C)c3ccccc3C2(C)C)cc1S(=O)(=O)N1CCCC1. The molecule has 2 aliphatic rings. The number of likely N-dealkylation sites (N-methyl/N-ethyl adjacent to an activating group) is 1. The van der Waals surface area contributed by atoms with E-state index in [-0.39, 0.29) is 27.4 Å². The number of benzene rings is 2. The molecule has 0 saturated carbocycles. The van der Waals surface area contributed by atoms with E-state index in [4.69, 9.17) is 9.47 Å². The normalized spacial score (nSPS) is 18.5. The van der Waals surface area contributed by atoms with Gasteiger partial charge in [0, 0.05) is 43.0 Å². The first-order chi connectivity index (χ1) is 16.6. The summed E-state index contributed by atoms with van der Waals surface area (Å²) in [6.07, 6.45) is 3.08. The number of methoxy groups -OCH3 is 1. The molecule has 2 aromatic carbocycles. The average molecular weight is 499 g/mol. The molecule has 2 aliphatic heterocycles. The molecule has 1 fully saturated rings. The van der Waals surface area contributed by atoms with E-state index in [1.807, 2.05) is 50.1 Å². The first kappa shape index (κ1) is 24.9. The summed E-state index contributed by atoms with van der Waals surface area (Å²) >= 11 is 0. The second-order valence-corrected chi connectivity index (χ2v) is 11.2. The van der Waals surface area contributed by atoms with Gasteiger partial charge in [-0.05, 0) is 42.7 Å². The van der Waals surface area contributed by atoms with Crippen LogP contribution in [-0.2, 0) is 25.0 Å². The number of hydrogen-bond donors (Lipinski definition) is 0. The molecule has 0 unspecified atom stereocenters. The summed E-state index contributed by atoms with van der Waals surface area (Å²) in [4.78, 5) is 27.3. The number of rotatable bonds is 7. The number of para-hydroxylation sites is 1. The molecule has 0 bridgehead atoms. The number of hydrogen-bond acceptors (Lipinski definition) is 7. The zero-order valence-electron chi connectivity index (χ0n) is 20.4. The van der Waals surface area contributed by atoms with E-state index in [0.29, 0.717) is 13.1 Å². The molecule has 0 N–H and O–H groups in total. The van der Waals surface area contributed by atoms with Gasteiger partial charge in [0.05, 0.1) is 12.7 Å². The zero-order chi connectivity index (χ0) is 25.4. The lowest BCUT2D eigenvalue weighted by molar-refractivity contribution is -0.117. The fourth-order valence-electron chi connectivity index (χ4n) is 4.75. The number of nitrogens with zero attached hydrogens (tertiary/aromatic N) is 2. The van der Waals surface area contributed by atoms with Crippen LogP contribution in [0.4, 0.5) is 5.69 Å². The van der Waals surface area contributed by atoms with Gasteiger partial charge in [0.25, 0.3) is 0 Å². The third kappa shape index (κ3) is 4.58. The van der Waals surface area contributed by atoms with Crippen LogP contribution in [0.1, 0.15) is 42.6 Å². The van der Waals surface area contributed by atoms with Gasteiger partial charge < -0.3 is 14.4 Å². The number of carbonyl (C=O) groups is 2. The standard InChI is InChI=1S/C26H30N2O6S/c1-26(2)20-9-5-6-10-21(20)27(3)24(26)16-19(29)17-34-25(30)18-11-12-22(33-4)23(15-18)35(31,32)28-13-7-8-14-28/h5-6,9-12,15-16H,7-8,13-14,17H2,1-4H3/b24-16-. The van der Waals surface area contributed by atoms with Crippen molar-refractivity contribution >= 4 is 27.5 Å². The highest BCUT2D eigenvalue weighted by atomic mass is 32.2. The third-order valence-corrected chi connectivity index (χ3v) is 8.59. The smallest absolute Gasteiger partial charge is 0.338 e. The molecule has 2 aromatic rings. The summed E-state index contributed by atoms with van der Waals surface area (Å²) in [5.74, 6) is -0.987. The Kier molecular flexibility index (Phi) is 6.75. The average Bonchev–Trinajstić information content (AvgIpc) is 3.46. The van der Waals surface area contributed by atoms with Crippen LogP contribution in [-0.4, -0.2) is 58.3 Å². The summed E-state index contributed by atoms with van der Waals surface area (Å²) in [7, 11) is -0.533. The van der Waals surface area contributed by atoms with E-state index in [1.165, 1.54) is 35.7 Å². The quantitative estimate of drug-likeness (QED) is 0.426. The van der Waals surface area contributed by atoms with Gasteiger partial charge in [-0.3, -0.25) is 4.79 Å². The minimum atomic E-state index is -3.81. The van der Waals surface area contributed by atoms with E-state index in [9.17, 15) is 18.0 Å². The minimum absolute atomic E-state index is 0.0368. The number of carbonyl (C=O) groups excluding carboxylic acids is 2. The molecule has 0 aliphatic carbocycles. The Morgan fingerprint density at radius 3 is 2.43 bits per heavy atom. The van der Waals surface area contributed by atoms with Gasteiger partial charge >= 0.3 is 5.97 Å². The van der Waals surface area contributed by atoms with E-state index in [0.717, 1.165) is 29.8 Å². The predicted molar refractivity (Wildman–Crippen MR) is 132 cm³/mol. The summed E-state index contributed by atoms with van der Waals surface area (Å²) < 4.78 is 38.0. The van der Waals surface area contributed by atoms with Crippen molar-refractivity contribution < 1.29 is 27.5 Å². The Labute approximate surface area is 206 Å². The van der Waals surface area contributed by atoms with Crippen molar-refractivity contribution in [2.24, 2.45) is 0 Å². The number of ether oxygens (including phenoxy) is 2. The fraction of sp³-hybridized carbons (Fsp3) is 0.385.